The Bertz CT molecular complexity index is 1380. The number of aromatic nitrogens is 3. The van der Waals surface area contributed by atoms with Crippen molar-refractivity contribution < 1.29 is 19.0 Å². The van der Waals surface area contributed by atoms with Gasteiger partial charge in [-0.2, -0.15) is 5.26 Å². The fraction of sp³-hybridized carbons (Fsp3) is 0.462. The zero-order valence-corrected chi connectivity index (χ0v) is 24.6. The summed E-state index contributed by atoms with van der Waals surface area (Å²) in [6, 6.07) is 5.92. The predicted octanol–water partition coefficient (Wildman–Crippen LogP) is 4.68. The average Bonchev–Trinajstić information content (AvgIpc) is 3.62. The van der Waals surface area contributed by atoms with Crippen LogP contribution in [0, 0.1) is 11.3 Å². The molecule has 2 heterocycles. The molecule has 1 saturated carbocycles. The van der Waals surface area contributed by atoms with Gasteiger partial charge in [0.2, 0.25) is 5.91 Å². The molecule has 0 atom stereocenters. The molecule has 0 spiro atoms. The maximum absolute atomic E-state index is 12.4. The molecule has 0 aliphatic heterocycles. The van der Waals surface area contributed by atoms with Crippen molar-refractivity contribution in [2.75, 3.05) is 51.1 Å². The van der Waals surface area contributed by atoms with E-state index in [9.17, 15) is 10.1 Å². The van der Waals surface area contributed by atoms with Crippen molar-refractivity contribution in [3.63, 3.8) is 0 Å². The van der Waals surface area contributed by atoms with Crippen LogP contribution in [-0.2, 0) is 16.3 Å². The second kappa shape index (κ2) is 12.0. The summed E-state index contributed by atoms with van der Waals surface area (Å²) >= 11 is 7.92. The van der Waals surface area contributed by atoms with E-state index in [4.69, 9.17) is 35.8 Å². The van der Waals surface area contributed by atoms with Gasteiger partial charge >= 0.3 is 0 Å². The summed E-state index contributed by atoms with van der Waals surface area (Å²) in [6.07, 6.45) is 10.5. The molecule has 1 amide bonds. The second-order valence-electron chi connectivity index (χ2n) is 9.83. The first-order chi connectivity index (χ1) is 18.1. The fourth-order valence-electron chi connectivity index (χ4n) is 3.74. The van der Waals surface area contributed by atoms with E-state index in [1.807, 2.05) is 0 Å². The number of ether oxygens (including phenoxy) is 3. The van der Waals surface area contributed by atoms with Gasteiger partial charge in [-0.05, 0) is 37.7 Å². The van der Waals surface area contributed by atoms with Gasteiger partial charge in [0.1, 0.15) is 18.4 Å². The number of fused-ring (bicyclic) bond motifs is 1. The van der Waals surface area contributed by atoms with Crippen LogP contribution >= 0.6 is 33.4 Å². The molecule has 0 bridgehead atoms. The maximum atomic E-state index is 12.4. The summed E-state index contributed by atoms with van der Waals surface area (Å²) < 4.78 is 18.7. The summed E-state index contributed by atoms with van der Waals surface area (Å²) in [4.78, 5) is 21.9. The molecule has 38 heavy (non-hydrogen) atoms. The van der Waals surface area contributed by atoms with Crippen molar-refractivity contribution in [1.82, 2.24) is 19.9 Å². The summed E-state index contributed by atoms with van der Waals surface area (Å²) in [6.45, 7) is 0.832. The minimum Gasteiger partial charge on any atom is -0.493 e. The van der Waals surface area contributed by atoms with Gasteiger partial charge in [0.05, 0.1) is 48.2 Å². The second-order valence-corrected chi connectivity index (χ2v) is 15.8. The minimum atomic E-state index is -0.697. The molecular formula is C26H32ClN5O4S2. The van der Waals surface area contributed by atoms with Crippen LogP contribution < -0.4 is 14.8 Å². The van der Waals surface area contributed by atoms with E-state index >= 15 is 0 Å². The molecule has 0 unspecified atom stereocenters. The molecular weight excluding hydrogens is 546 g/mol. The number of carbonyl (C=O) groups excluding carboxylic acids is 1. The number of amides is 1. The standard InChI is InChI=1S/C26H32ClN5O4S2/c1-34-20-10-18(19(27)11-21(20)35-2)24-23-16(12-28)13-32(15-36-8-9-38(3,4)5)25(23)31-26(30-24)37-14-22(33)29-17-6-7-17/h10-11,13,17H,6-9,14-15H2,1-5H3,(H,29,33). The van der Waals surface area contributed by atoms with Crippen molar-refractivity contribution in [1.29, 1.82) is 5.26 Å². The quantitative estimate of drug-likeness (QED) is 0.188. The highest BCUT2D eigenvalue weighted by Crippen LogP contribution is 2.41. The molecule has 2 aromatic heterocycles. The number of hydrogen-bond acceptors (Lipinski definition) is 8. The number of methoxy groups -OCH3 is 2. The van der Waals surface area contributed by atoms with Gasteiger partial charge in [0.25, 0.3) is 0 Å². The molecule has 204 valence electrons. The van der Waals surface area contributed by atoms with Crippen LogP contribution in [-0.4, -0.2) is 77.6 Å². The van der Waals surface area contributed by atoms with Crippen molar-refractivity contribution in [3.05, 3.63) is 28.9 Å². The van der Waals surface area contributed by atoms with Gasteiger partial charge in [0.15, 0.2) is 16.7 Å². The Labute approximate surface area is 233 Å². The lowest BCUT2D eigenvalue weighted by atomic mass is 10.1. The van der Waals surface area contributed by atoms with Crippen molar-refractivity contribution in [2.45, 2.75) is 30.8 Å². The molecule has 3 aromatic rings. The number of rotatable bonds is 12. The first-order valence-electron chi connectivity index (χ1n) is 12.0. The third-order valence-corrected chi connectivity index (χ3v) is 8.44. The van der Waals surface area contributed by atoms with E-state index in [-0.39, 0.29) is 24.4 Å². The minimum absolute atomic E-state index is 0.0620. The predicted molar refractivity (Wildman–Crippen MR) is 154 cm³/mol. The molecule has 1 N–H and O–H groups in total. The summed E-state index contributed by atoms with van der Waals surface area (Å²) in [5.41, 5.74) is 1.97. The normalized spacial score (nSPS) is 13.8. The van der Waals surface area contributed by atoms with E-state index in [2.05, 4.69) is 30.2 Å². The topological polar surface area (TPSA) is 111 Å². The summed E-state index contributed by atoms with van der Waals surface area (Å²) in [7, 11) is 2.38. The number of nitriles is 1. The van der Waals surface area contributed by atoms with Crippen LogP contribution in [0.4, 0.5) is 0 Å². The molecule has 1 aliphatic carbocycles. The third-order valence-electron chi connectivity index (χ3n) is 5.89. The molecule has 1 fully saturated rings. The number of halogens is 1. The zero-order chi connectivity index (χ0) is 27.4. The van der Waals surface area contributed by atoms with Gasteiger partial charge in [-0.1, -0.05) is 23.4 Å². The first-order valence-corrected chi connectivity index (χ1v) is 16.4. The highest BCUT2D eigenvalue weighted by Gasteiger charge is 2.25. The lowest BCUT2D eigenvalue weighted by molar-refractivity contribution is -0.118. The number of nitrogens with zero attached hydrogens (tertiary/aromatic N) is 4. The number of benzene rings is 1. The maximum Gasteiger partial charge on any atom is 0.230 e. The highest BCUT2D eigenvalue weighted by molar-refractivity contribution is 8.32. The van der Waals surface area contributed by atoms with Crippen LogP contribution in [0.2, 0.25) is 5.02 Å². The Kier molecular flexibility index (Phi) is 8.98. The Morgan fingerprint density at radius 3 is 2.58 bits per heavy atom. The third kappa shape index (κ3) is 6.86. The zero-order valence-electron chi connectivity index (χ0n) is 22.2. The smallest absolute Gasteiger partial charge is 0.230 e. The highest BCUT2D eigenvalue weighted by atomic mass is 35.5. The van der Waals surface area contributed by atoms with Crippen LogP contribution in [0.3, 0.4) is 0 Å². The van der Waals surface area contributed by atoms with E-state index in [0.717, 1.165) is 18.6 Å². The average molecular weight is 578 g/mol. The van der Waals surface area contributed by atoms with Crippen LogP contribution in [0.5, 0.6) is 11.5 Å². The van der Waals surface area contributed by atoms with Gasteiger partial charge in [-0.3, -0.25) is 4.79 Å². The summed E-state index contributed by atoms with van der Waals surface area (Å²) in [5.74, 6) is 2.04. The molecule has 1 aliphatic rings. The Morgan fingerprint density at radius 1 is 1.24 bits per heavy atom. The lowest BCUT2D eigenvalue weighted by Gasteiger charge is -2.24. The Balaban J connectivity index is 1.77. The first kappa shape index (κ1) is 28.4. The monoisotopic (exact) mass is 577 g/mol. The molecule has 1 aromatic carbocycles. The van der Waals surface area contributed by atoms with Crippen LogP contribution in [0.15, 0.2) is 23.5 Å². The van der Waals surface area contributed by atoms with Gasteiger partial charge < -0.3 is 24.1 Å². The molecule has 9 nitrogen and oxygen atoms in total. The van der Waals surface area contributed by atoms with E-state index in [0.29, 0.717) is 56.1 Å². The number of carbonyl (C=O) groups is 1. The van der Waals surface area contributed by atoms with E-state index < -0.39 is 10.0 Å². The number of hydrogen-bond donors (Lipinski definition) is 1. The van der Waals surface area contributed by atoms with Crippen molar-refractivity contribution in [2.24, 2.45) is 0 Å². The largest absolute Gasteiger partial charge is 0.493 e. The van der Waals surface area contributed by atoms with Gasteiger partial charge in [-0.25, -0.2) is 20.0 Å². The number of thioether (sulfide) groups is 1. The molecule has 0 radical (unpaired) electrons. The Hall–Kier alpha value is -2.65. The van der Waals surface area contributed by atoms with Gasteiger partial charge in [-0.15, -0.1) is 0 Å². The number of nitrogens with one attached hydrogen (secondary N) is 1. The van der Waals surface area contributed by atoms with Crippen molar-refractivity contribution in [3.8, 4) is 28.8 Å². The van der Waals surface area contributed by atoms with Crippen LogP contribution in [0.1, 0.15) is 18.4 Å². The molecule has 12 heteroatoms. The molecule has 0 saturated heterocycles. The summed E-state index contributed by atoms with van der Waals surface area (Å²) in [5, 5.41) is 14.3. The van der Waals surface area contributed by atoms with Crippen LogP contribution in [0.25, 0.3) is 22.3 Å². The van der Waals surface area contributed by atoms with Crippen molar-refractivity contribution >= 4 is 50.3 Å². The van der Waals surface area contributed by atoms with E-state index in [1.54, 1.807) is 30.0 Å². The lowest BCUT2D eigenvalue weighted by Crippen LogP contribution is -2.27. The van der Waals surface area contributed by atoms with E-state index in [1.165, 1.54) is 18.9 Å². The Morgan fingerprint density at radius 2 is 1.95 bits per heavy atom. The molecule has 4 rings (SSSR count). The van der Waals surface area contributed by atoms with Gasteiger partial charge in [0, 0.05) is 29.6 Å². The fourth-order valence-corrected chi connectivity index (χ4v) is 5.25. The SMILES string of the molecule is COc1cc(Cl)c(-c2nc(SCC(=O)NC3CC3)nc3c2c(C#N)cn3COCCS(C)(C)C)cc1OC.